The van der Waals surface area contributed by atoms with Gasteiger partial charge in [-0.3, -0.25) is 14.4 Å². The molecule has 158 valence electrons. The molecule has 1 aromatic carbocycles. The molecule has 0 saturated carbocycles. The molecule has 28 heavy (non-hydrogen) atoms. The van der Waals surface area contributed by atoms with E-state index in [1.807, 2.05) is 45.9 Å². The predicted octanol–water partition coefficient (Wildman–Crippen LogP) is 2.35. The van der Waals surface area contributed by atoms with Crippen molar-refractivity contribution < 1.29 is 23.9 Å². The highest BCUT2D eigenvalue weighted by Crippen LogP contribution is 2.15. The molecule has 0 atom stereocenters. The Kier molecular flexibility index (Phi) is 11.8. The van der Waals surface area contributed by atoms with Gasteiger partial charge in [-0.05, 0) is 51.3 Å². The van der Waals surface area contributed by atoms with E-state index in [9.17, 15) is 14.4 Å². The van der Waals surface area contributed by atoms with E-state index in [4.69, 9.17) is 4.74 Å². The number of rotatable bonds is 8. The molecule has 0 heterocycles. The first-order valence-corrected chi connectivity index (χ1v) is 9.20. The first-order valence-electron chi connectivity index (χ1n) is 9.20. The van der Waals surface area contributed by atoms with Gasteiger partial charge in [0.25, 0.3) is 5.91 Å². The van der Waals surface area contributed by atoms with Crippen LogP contribution < -0.4 is 5.32 Å². The minimum Gasteiger partial charge on any atom is -0.460 e. The number of esters is 1. The normalized spacial score (nSPS) is 10.4. The summed E-state index contributed by atoms with van der Waals surface area (Å²) < 4.78 is 9.91. The molecule has 2 amide bonds. The second-order valence-corrected chi connectivity index (χ2v) is 7.50. The third-order valence-corrected chi connectivity index (χ3v) is 3.51. The van der Waals surface area contributed by atoms with Crippen molar-refractivity contribution in [2.24, 2.45) is 0 Å². The predicted molar refractivity (Wildman–Crippen MR) is 109 cm³/mol. The van der Waals surface area contributed by atoms with E-state index in [1.54, 1.807) is 26.1 Å². The Hall–Kier alpha value is -2.41. The van der Waals surface area contributed by atoms with Gasteiger partial charge in [-0.25, -0.2) is 0 Å². The van der Waals surface area contributed by atoms with Gasteiger partial charge in [0.05, 0.1) is 6.61 Å². The SMILES string of the molecule is COCCNC=O.Cc1ccc(CCC(=O)OC(C)(C)C)cc1C(=O)N(C)C. The fourth-order valence-corrected chi connectivity index (χ4v) is 2.15. The Morgan fingerprint density at radius 1 is 1.21 bits per heavy atom. The molecule has 0 aliphatic rings. The molecule has 7 nitrogen and oxygen atoms in total. The largest absolute Gasteiger partial charge is 0.460 e. The number of hydrogen-bond donors (Lipinski definition) is 1. The summed E-state index contributed by atoms with van der Waals surface area (Å²) in [5.74, 6) is -0.241. The quantitative estimate of drug-likeness (QED) is 0.416. The number of carbonyl (C=O) groups is 3. The third kappa shape index (κ3) is 11.3. The van der Waals surface area contributed by atoms with Crippen molar-refractivity contribution in [3.05, 3.63) is 34.9 Å². The highest BCUT2D eigenvalue weighted by molar-refractivity contribution is 5.95. The van der Waals surface area contributed by atoms with E-state index >= 15 is 0 Å². The summed E-state index contributed by atoms with van der Waals surface area (Å²) in [7, 11) is 5.05. The van der Waals surface area contributed by atoms with Crippen LogP contribution in [0.4, 0.5) is 0 Å². The highest BCUT2D eigenvalue weighted by Gasteiger charge is 2.17. The Morgan fingerprint density at radius 2 is 1.86 bits per heavy atom. The molecule has 0 unspecified atom stereocenters. The summed E-state index contributed by atoms with van der Waals surface area (Å²) in [6, 6.07) is 5.73. The molecule has 0 saturated heterocycles. The highest BCUT2D eigenvalue weighted by atomic mass is 16.6. The lowest BCUT2D eigenvalue weighted by molar-refractivity contribution is -0.154. The number of amides is 2. The van der Waals surface area contributed by atoms with Crippen molar-refractivity contribution >= 4 is 18.3 Å². The number of benzene rings is 1. The molecule has 0 fully saturated rings. The maximum absolute atomic E-state index is 12.1. The van der Waals surface area contributed by atoms with Gasteiger partial charge < -0.3 is 19.7 Å². The van der Waals surface area contributed by atoms with E-state index in [-0.39, 0.29) is 11.9 Å². The van der Waals surface area contributed by atoms with Crippen molar-refractivity contribution in [1.29, 1.82) is 0 Å². The Labute approximate surface area is 168 Å². The summed E-state index contributed by atoms with van der Waals surface area (Å²) in [6.07, 6.45) is 1.54. The summed E-state index contributed by atoms with van der Waals surface area (Å²) >= 11 is 0. The fraction of sp³-hybridized carbons (Fsp3) is 0.571. The van der Waals surface area contributed by atoms with Gasteiger partial charge in [-0.1, -0.05) is 12.1 Å². The van der Waals surface area contributed by atoms with E-state index in [1.165, 1.54) is 0 Å². The molecule has 0 radical (unpaired) electrons. The van der Waals surface area contributed by atoms with Crippen LogP contribution in [0, 0.1) is 6.92 Å². The molecule has 0 aliphatic carbocycles. The molecule has 0 spiro atoms. The summed E-state index contributed by atoms with van der Waals surface area (Å²) in [5.41, 5.74) is 2.13. The molecule has 1 aromatic rings. The van der Waals surface area contributed by atoms with Crippen LogP contribution in [0.5, 0.6) is 0 Å². The van der Waals surface area contributed by atoms with E-state index in [2.05, 4.69) is 10.1 Å². The van der Waals surface area contributed by atoms with Gasteiger partial charge in [0.1, 0.15) is 5.60 Å². The number of hydrogen-bond acceptors (Lipinski definition) is 5. The molecule has 1 N–H and O–H groups in total. The zero-order chi connectivity index (χ0) is 21.7. The van der Waals surface area contributed by atoms with Crippen LogP contribution >= 0.6 is 0 Å². The second kappa shape index (κ2) is 12.9. The Balaban J connectivity index is 0.000000887. The molecular formula is C21H34N2O5. The topological polar surface area (TPSA) is 84.9 Å². The first kappa shape index (κ1) is 25.6. The van der Waals surface area contributed by atoms with Crippen LogP contribution in [-0.2, 0) is 25.5 Å². The Bertz CT molecular complexity index is 636. The first-order chi connectivity index (χ1) is 13.0. The molecule has 0 bridgehead atoms. The average Bonchev–Trinajstić information content (AvgIpc) is 2.60. The summed E-state index contributed by atoms with van der Waals surface area (Å²) in [4.78, 5) is 34.9. The average molecular weight is 395 g/mol. The Morgan fingerprint density at radius 3 is 2.36 bits per heavy atom. The number of nitrogens with one attached hydrogen (secondary N) is 1. The molecular weight excluding hydrogens is 360 g/mol. The molecule has 0 aromatic heterocycles. The van der Waals surface area contributed by atoms with Crippen LogP contribution in [0.2, 0.25) is 0 Å². The molecule has 1 rings (SSSR count). The molecule has 0 aliphatic heterocycles. The maximum Gasteiger partial charge on any atom is 0.306 e. The standard InChI is InChI=1S/C17H25NO3.C4H9NO2/c1-12-7-8-13(11-14(12)16(20)18(5)6)9-10-15(19)21-17(2,3)4;1-7-3-2-5-4-6/h7-8,11H,9-10H2,1-6H3;4H,2-3H2,1H3,(H,5,6). The van der Waals surface area contributed by atoms with Gasteiger partial charge in [0, 0.05) is 39.7 Å². The number of carbonyl (C=O) groups excluding carboxylic acids is 3. The zero-order valence-corrected chi connectivity index (χ0v) is 18.1. The lowest BCUT2D eigenvalue weighted by atomic mass is 10.0. The van der Waals surface area contributed by atoms with Crippen LogP contribution in [0.15, 0.2) is 18.2 Å². The van der Waals surface area contributed by atoms with Gasteiger partial charge in [0.15, 0.2) is 0 Å². The fourth-order valence-electron chi connectivity index (χ4n) is 2.15. The van der Waals surface area contributed by atoms with Crippen LogP contribution in [0.3, 0.4) is 0 Å². The van der Waals surface area contributed by atoms with Crippen LogP contribution in [0.1, 0.15) is 48.7 Å². The monoisotopic (exact) mass is 394 g/mol. The van der Waals surface area contributed by atoms with Crippen LogP contribution in [0.25, 0.3) is 0 Å². The maximum atomic E-state index is 12.1. The van der Waals surface area contributed by atoms with Crippen molar-refractivity contribution in [3.63, 3.8) is 0 Å². The number of aryl methyl sites for hydroxylation is 2. The molecule has 7 heteroatoms. The number of ether oxygens (including phenoxy) is 2. The van der Waals surface area contributed by atoms with Gasteiger partial charge in [-0.2, -0.15) is 0 Å². The van der Waals surface area contributed by atoms with Gasteiger partial charge in [-0.15, -0.1) is 0 Å². The summed E-state index contributed by atoms with van der Waals surface area (Å²) in [6.45, 7) is 8.65. The van der Waals surface area contributed by atoms with E-state index < -0.39 is 5.60 Å². The van der Waals surface area contributed by atoms with Crippen LogP contribution in [-0.4, -0.2) is 63.1 Å². The lowest BCUT2D eigenvalue weighted by Crippen LogP contribution is -2.24. The van der Waals surface area contributed by atoms with E-state index in [0.29, 0.717) is 38.0 Å². The number of nitrogens with zero attached hydrogens (tertiary/aromatic N) is 1. The zero-order valence-electron chi connectivity index (χ0n) is 18.1. The smallest absolute Gasteiger partial charge is 0.306 e. The van der Waals surface area contributed by atoms with Gasteiger partial charge in [0.2, 0.25) is 6.41 Å². The lowest BCUT2D eigenvalue weighted by Gasteiger charge is -2.19. The van der Waals surface area contributed by atoms with Gasteiger partial charge >= 0.3 is 5.97 Å². The minimum atomic E-state index is -0.462. The summed E-state index contributed by atoms with van der Waals surface area (Å²) in [5, 5.41) is 2.44. The minimum absolute atomic E-state index is 0.0216. The van der Waals surface area contributed by atoms with Crippen molar-refractivity contribution in [3.8, 4) is 0 Å². The second-order valence-electron chi connectivity index (χ2n) is 7.50. The van der Waals surface area contributed by atoms with E-state index in [0.717, 1.165) is 11.1 Å². The van der Waals surface area contributed by atoms with Crippen molar-refractivity contribution in [1.82, 2.24) is 10.2 Å². The van der Waals surface area contributed by atoms with Crippen molar-refractivity contribution in [2.45, 2.75) is 46.1 Å². The van der Waals surface area contributed by atoms with Crippen molar-refractivity contribution in [2.75, 3.05) is 34.4 Å². The third-order valence-electron chi connectivity index (χ3n) is 3.51. The number of methoxy groups -OCH3 is 1.